The molecule has 0 bridgehead atoms. The number of amides is 1. The van der Waals surface area contributed by atoms with E-state index in [0.29, 0.717) is 6.54 Å². The maximum atomic E-state index is 12.3. The van der Waals surface area contributed by atoms with Crippen molar-refractivity contribution in [3.05, 3.63) is 17.0 Å². The Morgan fingerprint density at radius 2 is 2.25 bits per heavy atom. The van der Waals surface area contributed by atoms with E-state index in [9.17, 15) is 4.79 Å². The van der Waals surface area contributed by atoms with Gasteiger partial charge in [-0.2, -0.15) is 0 Å². The average Bonchev–Trinajstić information content (AvgIpc) is 2.69. The highest BCUT2D eigenvalue weighted by Gasteiger charge is 2.37. The number of carbonyl (C=O) groups excluding carboxylic acids is 1. The van der Waals surface area contributed by atoms with Crippen LogP contribution in [0.3, 0.4) is 0 Å². The highest BCUT2D eigenvalue weighted by atomic mass is 16.5. The van der Waals surface area contributed by atoms with Gasteiger partial charge in [-0.15, -0.1) is 0 Å². The van der Waals surface area contributed by atoms with Crippen LogP contribution in [-0.4, -0.2) is 23.1 Å². The summed E-state index contributed by atoms with van der Waals surface area (Å²) in [5, 5.41) is 6.93. The molecule has 5 nitrogen and oxygen atoms in total. The molecule has 0 saturated heterocycles. The Bertz CT molecular complexity index is 460. The molecule has 1 heterocycles. The third-order valence-corrected chi connectivity index (χ3v) is 4.43. The molecule has 0 aliphatic heterocycles. The van der Waals surface area contributed by atoms with E-state index in [0.717, 1.165) is 49.1 Å². The van der Waals surface area contributed by atoms with E-state index >= 15 is 0 Å². The number of nitrogens with two attached hydrogens (primary N) is 1. The van der Waals surface area contributed by atoms with Gasteiger partial charge in [-0.05, 0) is 40.0 Å². The van der Waals surface area contributed by atoms with Gasteiger partial charge in [0.2, 0.25) is 5.91 Å². The predicted molar refractivity (Wildman–Crippen MR) is 77.2 cm³/mol. The summed E-state index contributed by atoms with van der Waals surface area (Å²) in [7, 11) is 0. The molecule has 1 aromatic rings. The molecule has 1 saturated carbocycles. The van der Waals surface area contributed by atoms with Crippen LogP contribution in [0.25, 0.3) is 0 Å². The summed E-state index contributed by atoms with van der Waals surface area (Å²) in [5.41, 5.74) is 7.87. The maximum Gasteiger partial charge on any atom is 0.224 e. The molecule has 0 radical (unpaired) electrons. The van der Waals surface area contributed by atoms with Crippen molar-refractivity contribution in [2.24, 2.45) is 11.7 Å². The van der Waals surface area contributed by atoms with Crippen LogP contribution in [0.1, 0.15) is 49.6 Å². The smallest absolute Gasteiger partial charge is 0.224 e. The molecule has 1 amide bonds. The predicted octanol–water partition coefficient (Wildman–Crippen LogP) is 1.86. The van der Waals surface area contributed by atoms with E-state index in [1.807, 2.05) is 20.8 Å². The fourth-order valence-electron chi connectivity index (χ4n) is 3.08. The topological polar surface area (TPSA) is 81.2 Å². The van der Waals surface area contributed by atoms with Gasteiger partial charge in [-0.3, -0.25) is 4.79 Å². The largest absolute Gasteiger partial charge is 0.361 e. The molecule has 0 aromatic carbocycles. The molecule has 1 fully saturated rings. The van der Waals surface area contributed by atoms with Crippen LogP contribution < -0.4 is 11.1 Å². The van der Waals surface area contributed by atoms with Gasteiger partial charge in [0.1, 0.15) is 5.76 Å². The van der Waals surface area contributed by atoms with Crippen LogP contribution in [0.2, 0.25) is 0 Å². The highest BCUT2D eigenvalue weighted by Crippen LogP contribution is 2.31. The first-order chi connectivity index (χ1) is 9.42. The van der Waals surface area contributed by atoms with Crippen molar-refractivity contribution in [1.82, 2.24) is 10.5 Å². The maximum absolute atomic E-state index is 12.3. The molecular weight excluding hydrogens is 254 g/mol. The molecule has 1 aromatic heterocycles. The minimum atomic E-state index is -0.370. The van der Waals surface area contributed by atoms with Crippen LogP contribution in [0.5, 0.6) is 0 Å². The third kappa shape index (κ3) is 3.20. The van der Waals surface area contributed by atoms with Crippen molar-refractivity contribution in [2.75, 3.05) is 6.54 Å². The summed E-state index contributed by atoms with van der Waals surface area (Å²) in [6, 6.07) is 0. The summed E-state index contributed by atoms with van der Waals surface area (Å²) in [4.78, 5) is 12.3. The molecule has 5 heteroatoms. The Morgan fingerprint density at radius 1 is 1.50 bits per heavy atom. The minimum absolute atomic E-state index is 0.0686. The van der Waals surface area contributed by atoms with Crippen molar-refractivity contribution >= 4 is 5.91 Å². The van der Waals surface area contributed by atoms with Crippen molar-refractivity contribution in [3.63, 3.8) is 0 Å². The first kappa shape index (κ1) is 15.0. The summed E-state index contributed by atoms with van der Waals surface area (Å²) >= 11 is 0. The van der Waals surface area contributed by atoms with Crippen LogP contribution in [0.15, 0.2) is 4.52 Å². The molecular formula is C15H25N3O2. The Labute approximate surface area is 120 Å². The van der Waals surface area contributed by atoms with Gasteiger partial charge >= 0.3 is 0 Å². The van der Waals surface area contributed by atoms with Crippen LogP contribution >= 0.6 is 0 Å². The van der Waals surface area contributed by atoms with Crippen molar-refractivity contribution in [1.29, 1.82) is 0 Å². The van der Waals surface area contributed by atoms with E-state index in [1.54, 1.807) is 0 Å². The monoisotopic (exact) mass is 279 g/mol. The second-order valence-electron chi connectivity index (χ2n) is 6.15. The van der Waals surface area contributed by atoms with E-state index in [1.165, 1.54) is 0 Å². The molecule has 3 N–H and O–H groups in total. The number of nitrogens with one attached hydrogen (secondary N) is 1. The molecule has 2 unspecified atom stereocenters. The lowest BCUT2D eigenvalue weighted by Gasteiger charge is -2.37. The average molecular weight is 279 g/mol. The van der Waals surface area contributed by atoms with Gasteiger partial charge in [-0.25, -0.2) is 0 Å². The Morgan fingerprint density at radius 3 is 2.85 bits per heavy atom. The Hall–Kier alpha value is -1.36. The van der Waals surface area contributed by atoms with Crippen molar-refractivity contribution in [2.45, 2.75) is 58.4 Å². The summed E-state index contributed by atoms with van der Waals surface area (Å²) < 4.78 is 5.12. The van der Waals surface area contributed by atoms with E-state index in [-0.39, 0.29) is 17.4 Å². The van der Waals surface area contributed by atoms with Gasteiger partial charge in [0, 0.05) is 17.6 Å². The number of aryl methyl sites for hydroxylation is 2. The number of hydrogen-bond donors (Lipinski definition) is 2. The summed E-state index contributed by atoms with van der Waals surface area (Å²) in [6.07, 6.45) is 4.78. The second-order valence-corrected chi connectivity index (χ2v) is 6.15. The standard InChI is InChI=1S/C15H25N3O2/c1-10-12(11(2)20-18-10)7-9-17-14(19)13-6-4-5-8-15(13,3)16/h13H,4-9,16H2,1-3H3,(H,17,19). The second kappa shape index (κ2) is 5.95. The number of carbonyl (C=O) groups is 1. The zero-order valence-corrected chi connectivity index (χ0v) is 12.7. The van der Waals surface area contributed by atoms with Gasteiger partial charge in [0.15, 0.2) is 0 Å². The van der Waals surface area contributed by atoms with Crippen molar-refractivity contribution < 1.29 is 9.32 Å². The summed E-state index contributed by atoms with van der Waals surface area (Å²) in [5.74, 6) is 0.848. The fourth-order valence-corrected chi connectivity index (χ4v) is 3.08. The van der Waals surface area contributed by atoms with E-state index < -0.39 is 0 Å². The minimum Gasteiger partial charge on any atom is -0.361 e. The van der Waals surface area contributed by atoms with Gasteiger partial charge in [-0.1, -0.05) is 18.0 Å². The van der Waals surface area contributed by atoms with E-state index in [4.69, 9.17) is 10.3 Å². The zero-order chi connectivity index (χ0) is 14.8. The molecule has 112 valence electrons. The molecule has 0 spiro atoms. The lowest BCUT2D eigenvalue weighted by atomic mass is 9.74. The van der Waals surface area contributed by atoms with Crippen LogP contribution in [-0.2, 0) is 11.2 Å². The molecule has 2 atom stereocenters. The normalized spacial score (nSPS) is 26.5. The fraction of sp³-hybridized carbons (Fsp3) is 0.733. The van der Waals surface area contributed by atoms with Crippen molar-refractivity contribution in [3.8, 4) is 0 Å². The van der Waals surface area contributed by atoms with Gasteiger partial charge in [0.25, 0.3) is 0 Å². The van der Waals surface area contributed by atoms with E-state index in [2.05, 4.69) is 10.5 Å². The lowest BCUT2D eigenvalue weighted by Crippen LogP contribution is -2.53. The first-order valence-corrected chi connectivity index (χ1v) is 7.40. The highest BCUT2D eigenvalue weighted by molar-refractivity contribution is 5.80. The quantitative estimate of drug-likeness (QED) is 0.881. The number of hydrogen-bond acceptors (Lipinski definition) is 4. The lowest BCUT2D eigenvalue weighted by molar-refractivity contribution is -0.128. The first-order valence-electron chi connectivity index (χ1n) is 7.40. The molecule has 2 rings (SSSR count). The SMILES string of the molecule is Cc1noc(C)c1CCNC(=O)C1CCCCC1(C)N. The summed E-state index contributed by atoms with van der Waals surface area (Å²) in [6.45, 7) is 6.42. The third-order valence-electron chi connectivity index (χ3n) is 4.43. The Balaban J connectivity index is 1.86. The number of rotatable bonds is 4. The van der Waals surface area contributed by atoms with Crippen LogP contribution in [0.4, 0.5) is 0 Å². The molecule has 20 heavy (non-hydrogen) atoms. The van der Waals surface area contributed by atoms with Gasteiger partial charge in [0.05, 0.1) is 11.6 Å². The molecule has 1 aliphatic carbocycles. The number of nitrogens with zero attached hydrogens (tertiary/aromatic N) is 1. The molecule has 1 aliphatic rings. The Kier molecular flexibility index (Phi) is 4.48. The van der Waals surface area contributed by atoms with Crippen LogP contribution in [0, 0.1) is 19.8 Å². The zero-order valence-electron chi connectivity index (χ0n) is 12.7. The van der Waals surface area contributed by atoms with Gasteiger partial charge < -0.3 is 15.6 Å². The number of aromatic nitrogens is 1.